The molecule has 1 unspecified atom stereocenters. The van der Waals surface area contributed by atoms with E-state index in [0.29, 0.717) is 0 Å². The maximum atomic E-state index is 6.55. The van der Waals surface area contributed by atoms with Gasteiger partial charge in [0.2, 0.25) is 0 Å². The molecule has 0 bridgehead atoms. The van der Waals surface area contributed by atoms with Gasteiger partial charge in [0.1, 0.15) is 11.1 Å². The maximum absolute atomic E-state index is 6.55. The van der Waals surface area contributed by atoms with Crippen molar-refractivity contribution in [2.24, 2.45) is 0 Å². The third-order valence-electron chi connectivity index (χ3n) is 3.12. The fourth-order valence-electron chi connectivity index (χ4n) is 2.37. The van der Waals surface area contributed by atoms with Crippen molar-refractivity contribution in [3.63, 3.8) is 0 Å². The van der Waals surface area contributed by atoms with Gasteiger partial charge in [-0.05, 0) is 56.0 Å². The number of rotatable bonds is 2. The third-order valence-corrected chi connectivity index (χ3v) is 3.54. The van der Waals surface area contributed by atoms with Crippen LogP contribution >= 0.6 is 11.6 Å². The van der Waals surface area contributed by atoms with Gasteiger partial charge in [-0.1, -0.05) is 17.7 Å². The molecule has 0 fully saturated rings. The number of aryl methyl sites for hydroxylation is 4. The van der Waals surface area contributed by atoms with E-state index in [1.54, 1.807) is 6.26 Å². The van der Waals surface area contributed by atoms with Crippen LogP contribution in [0.3, 0.4) is 0 Å². The van der Waals surface area contributed by atoms with Crippen LogP contribution in [-0.4, -0.2) is 0 Å². The highest BCUT2D eigenvalue weighted by Crippen LogP contribution is 2.35. The first kappa shape index (κ1) is 12.3. The molecule has 1 atom stereocenters. The van der Waals surface area contributed by atoms with Crippen molar-refractivity contribution in [3.8, 4) is 0 Å². The second-order valence-electron chi connectivity index (χ2n) is 4.64. The van der Waals surface area contributed by atoms with Crippen LogP contribution < -0.4 is 0 Å². The highest BCUT2D eigenvalue weighted by atomic mass is 35.5. The summed E-state index contributed by atoms with van der Waals surface area (Å²) in [5.41, 5.74) is 5.97. The summed E-state index contributed by atoms with van der Waals surface area (Å²) in [6.07, 6.45) is 1.69. The maximum Gasteiger partial charge on any atom is 0.129 e. The minimum atomic E-state index is -0.203. The van der Waals surface area contributed by atoms with E-state index in [1.165, 1.54) is 16.7 Å². The molecule has 0 radical (unpaired) electrons. The smallest absolute Gasteiger partial charge is 0.129 e. The van der Waals surface area contributed by atoms with Crippen LogP contribution in [0.1, 0.15) is 39.0 Å². The largest absolute Gasteiger partial charge is 0.467 e. The Bertz CT molecular complexity index is 517. The average molecular weight is 249 g/mol. The Labute approximate surface area is 107 Å². The van der Waals surface area contributed by atoms with Crippen molar-refractivity contribution in [2.45, 2.75) is 33.1 Å². The Hall–Kier alpha value is -1.21. The van der Waals surface area contributed by atoms with Gasteiger partial charge in [-0.2, -0.15) is 0 Å². The van der Waals surface area contributed by atoms with Crippen LogP contribution in [0.5, 0.6) is 0 Å². The normalized spacial score (nSPS) is 12.8. The van der Waals surface area contributed by atoms with Gasteiger partial charge in [-0.25, -0.2) is 0 Å². The standard InChI is InChI=1S/C15H17ClO/c1-9-7-11(3)13(12(4)8-9)14(16)15-10(2)5-6-17-15/h5-8,14H,1-4H3. The lowest BCUT2D eigenvalue weighted by atomic mass is 9.95. The summed E-state index contributed by atoms with van der Waals surface area (Å²) in [6.45, 7) is 8.32. The zero-order valence-electron chi connectivity index (χ0n) is 10.7. The summed E-state index contributed by atoms with van der Waals surface area (Å²) >= 11 is 6.55. The van der Waals surface area contributed by atoms with Crippen molar-refractivity contribution in [3.05, 3.63) is 58.0 Å². The van der Waals surface area contributed by atoms with Gasteiger partial charge in [0, 0.05) is 0 Å². The second-order valence-corrected chi connectivity index (χ2v) is 5.08. The second kappa shape index (κ2) is 4.58. The number of furan rings is 1. The molecule has 0 N–H and O–H groups in total. The summed E-state index contributed by atoms with van der Waals surface area (Å²) in [6, 6.07) is 6.27. The van der Waals surface area contributed by atoms with E-state index in [0.717, 1.165) is 16.9 Å². The molecule has 0 aliphatic rings. The van der Waals surface area contributed by atoms with Gasteiger partial charge in [0.15, 0.2) is 0 Å². The van der Waals surface area contributed by atoms with Crippen LogP contribution in [-0.2, 0) is 0 Å². The Balaban J connectivity index is 2.51. The Morgan fingerprint density at radius 1 is 1.00 bits per heavy atom. The molecule has 0 saturated heterocycles. The van der Waals surface area contributed by atoms with Crippen LogP contribution in [0.4, 0.5) is 0 Å². The van der Waals surface area contributed by atoms with E-state index in [2.05, 4.69) is 32.9 Å². The fourth-order valence-corrected chi connectivity index (χ4v) is 2.93. The predicted octanol–water partition coefficient (Wildman–Crippen LogP) is 4.84. The summed E-state index contributed by atoms with van der Waals surface area (Å²) in [7, 11) is 0. The lowest BCUT2D eigenvalue weighted by molar-refractivity contribution is 0.513. The molecule has 17 heavy (non-hydrogen) atoms. The van der Waals surface area contributed by atoms with E-state index in [-0.39, 0.29) is 5.38 Å². The average Bonchev–Trinajstić information content (AvgIpc) is 2.62. The zero-order chi connectivity index (χ0) is 12.6. The third kappa shape index (κ3) is 2.25. The molecule has 2 heteroatoms. The molecule has 1 heterocycles. The van der Waals surface area contributed by atoms with Gasteiger partial charge in [0.05, 0.1) is 6.26 Å². The highest BCUT2D eigenvalue weighted by Gasteiger charge is 2.20. The lowest BCUT2D eigenvalue weighted by Gasteiger charge is -2.15. The van der Waals surface area contributed by atoms with E-state index >= 15 is 0 Å². The molecule has 0 spiro atoms. The number of hydrogen-bond acceptors (Lipinski definition) is 1. The predicted molar refractivity (Wildman–Crippen MR) is 71.8 cm³/mol. The van der Waals surface area contributed by atoms with Crippen LogP contribution in [0.2, 0.25) is 0 Å². The quantitative estimate of drug-likeness (QED) is 0.693. The molecule has 1 aromatic carbocycles. The molecular weight excluding hydrogens is 232 g/mol. The summed E-state index contributed by atoms with van der Waals surface area (Å²) in [5.74, 6) is 0.849. The Morgan fingerprint density at radius 3 is 2.06 bits per heavy atom. The zero-order valence-corrected chi connectivity index (χ0v) is 11.4. The van der Waals surface area contributed by atoms with E-state index in [9.17, 15) is 0 Å². The number of benzene rings is 1. The molecule has 0 saturated carbocycles. The first-order valence-corrected chi connectivity index (χ1v) is 6.20. The minimum absolute atomic E-state index is 0.203. The molecule has 0 aliphatic heterocycles. The topological polar surface area (TPSA) is 13.1 Å². The SMILES string of the molecule is Cc1cc(C)c(C(Cl)c2occc2C)c(C)c1. The molecule has 2 rings (SSSR count). The molecule has 0 aliphatic carbocycles. The first-order valence-electron chi connectivity index (χ1n) is 5.76. The summed E-state index contributed by atoms with van der Waals surface area (Å²) in [4.78, 5) is 0. The Kier molecular flexibility index (Phi) is 3.30. The molecule has 90 valence electrons. The van der Waals surface area contributed by atoms with Gasteiger partial charge < -0.3 is 4.42 Å². The van der Waals surface area contributed by atoms with Crippen LogP contribution in [0.15, 0.2) is 28.9 Å². The van der Waals surface area contributed by atoms with Crippen molar-refractivity contribution < 1.29 is 4.42 Å². The summed E-state index contributed by atoms with van der Waals surface area (Å²) in [5, 5.41) is -0.203. The van der Waals surface area contributed by atoms with Crippen molar-refractivity contribution >= 4 is 11.6 Å². The molecule has 2 aromatic rings. The van der Waals surface area contributed by atoms with Gasteiger partial charge in [-0.15, -0.1) is 11.6 Å². The highest BCUT2D eigenvalue weighted by molar-refractivity contribution is 6.22. The van der Waals surface area contributed by atoms with E-state index < -0.39 is 0 Å². The van der Waals surface area contributed by atoms with E-state index in [1.807, 2.05) is 13.0 Å². The minimum Gasteiger partial charge on any atom is -0.467 e. The van der Waals surface area contributed by atoms with Crippen molar-refractivity contribution in [1.82, 2.24) is 0 Å². The van der Waals surface area contributed by atoms with Crippen LogP contribution in [0, 0.1) is 27.7 Å². The first-order chi connectivity index (χ1) is 8.00. The van der Waals surface area contributed by atoms with Crippen molar-refractivity contribution in [1.29, 1.82) is 0 Å². The molecule has 1 nitrogen and oxygen atoms in total. The molecule has 1 aromatic heterocycles. The fraction of sp³-hybridized carbons (Fsp3) is 0.333. The Morgan fingerprint density at radius 2 is 1.59 bits per heavy atom. The number of halogens is 1. The van der Waals surface area contributed by atoms with Gasteiger partial charge in [-0.3, -0.25) is 0 Å². The van der Waals surface area contributed by atoms with Gasteiger partial charge in [0.25, 0.3) is 0 Å². The molecule has 0 amide bonds. The van der Waals surface area contributed by atoms with Crippen LogP contribution in [0.25, 0.3) is 0 Å². The lowest BCUT2D eigenvalue weighted by Crippen LogP contribution is -2.00. The van der Waals surface area contributed by atoms with E-state index in [4.69, 9.17) is 16.0 Å². The van der Waals surface area contributed by atoms with Crippen molar-refractivity contribution in [2.75, 3.05) is 0 Å². The monoisotopic (exact) mass is 248 g/mol. The van der Waals surface area contributed by atoms with Gasteiger partial charge >= 0.3 is 0 Å². The number of hydrogen-bond donors (Lipinski definition) is 0. The number of alkyl halides is 1. The molecular formula is C15H17ClO. The summed E-state index contributed by atoms with van der Waals surface area (Å²) < 4.78 is 5.49.